The molecule has 0 saturated heterocycles. The van der Waals surface area contributed by atoms with Gasteiger partial charge in [0, 0.05) is 12.7 Å². The van der Waals surface area contributed by atoms with Gasteiger partial charge in [0.25, 0.3) is 0 Å². The third-order valence-electron chi connectivity index (χ3n) is 3.82. The Morgan fingerprint density at radius 2 is 2.22 bits per heavy atom. The zero-order chi connectivity index (χ0) is 13.2. The minimum atomic E-state index is -3.55. The number of rotatable bonds is 5. The molecule has 0 amide bonds. The predicted octanol–water partition coefficient (Wildman–Crippen LogP) is 2.59. The Morgan fingerprint density at radius 1 is 1.50 bits per heavy atom. The quantitative estimate of drug-likeness (QED) is 0.847. The van der Waals surface area contributed by atoms with Crippen molar-refractivity contribution in [1.82, 2.24) is 9.71 Å². The number of nitrogens with one attached hydrogen (secondary N) is 1. The second-order valence-corrected chi connectivity index (χ2v) is 6.92. The van der Waals surface area contributed by atoms with E-state index in [0.29, 0.717) is 6.54 Å². The Hall–Kier alpha value is -0.650. The number of nitrogens with zero attached hydrogens (tertiary/aromatic N) is 1. The van der Waals surface area contributed by atoms with Crippen molar-refractivity contribution >= 4 is 21.6 Å². The van der Waals surface area contributed by atoms with Gasteiger partial charge in [0.2, 0.25) is 10.0 Å². The van der Waals surface area contributed by atoms with Gasteiger partial charge in [-0.1, -0.05) is 24.9 Å². The van der Waals surface area contributed by atoms with Gasteiger partial charge in [-0.3, -0.25) is 0 Å². The molecule has 100 valence electrons. The minimum Gasteiger partial charge on any atom is -0.243 e. The van der Waals surface area contributed by atoms with Gasteiger partial charge in [0.1, 0.15) is 10.0 Å². The summed E-state index contributed by atoms with van der Waals surface area (Å²) in [5, 5.41) is 0.0177. The van der Waals surface area contributed by atoms with Crippen LogP contribution in [0.5, 0.6) is 0 Å². The lowest BCUT2D eigenvalue weighted by Crippen LogP contribution is -2.41. The molecule has 1 fully saturated rings. The standard InChI is InChI=1S/C12H17ClN2O2S/c1-2-12(6-4-7-12)9-15-18(16,17)10-5-3-8-14-11(10)13/h3,5,8,15H,2,4,6-7,9H2,1H3. The summed E-state index contributed by atoms with van der Waals surface area (Å²) < 4.78 is 26.9. The average molecular weight is 289 g/mol. The first-order valence-corrected chi connectivity index (χ1v) is 7.95. The third-order valence-corrected chi connectivity index (χ3v) is 5.66. The summed E-state index contributed by atoms with van der Waals surface area (Å²) in [6.07, 6.45) is 5.83. The molecule has 0 atom stereocenters. The summed E-state index contributed by atoms with van der Waals surface area (Å²) in [7, 11) is -3.55. The molecule has 0 unspecified atom stereocenters. The van der Waals surface area contributed by atoms with E-state index in [-0.39, 0.29) is 15.5 Å². The molecular formula is C12H17ClN2O2S. The van der Waals surface area contributed by atoms with Crippen molar-refractivity contribution in [3.63, 3.8) is 0 Å². The molecule has 0 aromatic carbocycles. The maximum atomic E-state index is 12.1. The molecule has 0 spiro atoms. The van der Waals surface area contributed by atoms with Gasteiger partial charge >= 0.3 is 0 Å². The van der Waals surface area contributed by atoms with Crippen molar-refractivity contribution < 1.29 is 8.42 Å². The molecule has 1 aliphatic carbocycles. The van der Waals surface area contributed by atoms with E-state index in [0.717, 1.165) is 19.3 Å². The fourth-order valence-electron chi connectivity index (χ4n) is 2.23. The van der Waals surface area contributed by atoms with E-state index in [1.165, 1.54) is 18.7 Å². The van der Waals surface area contributed by atoms with Crippen LogP contribution in [-0.2, 0) is 10.0 Å². The molecule has 1 aromatic rings. The fraction of sp³-hybridized carbons (Fsp3) is 0.583. The second-order valence-electron chi connectivity index (χ2n) is 4.82. The van der Waals surface area contributed by atoms with Crippen LogP contribution in [0.1, 0.15) is 32.6 Å². The lowest BCUT2D eigenvalue weighted by Gasteiger charge is -2.41. The van der Waals surface area contributed by atoms with Gasteiger partial charge in [-0.25, -0.2) is 18.1 Å². The molecule has 6 heteroatoms. The Bertz CT molecular complexity index is 521. The van der Waals surface area contributed by atoms with Crippen LogP contribution in [0.15, 0.2) is 23.2 Å². The normalized spacial score (nSPS) is 18.3. The van der Waals surface area contributed by atoms with E-state index in [4.69, 9.17) is 11.6 Å². The molecule has 18 heavy (non-hydrogen) atoms. The summed E-state index contributed by atoms with van der Waals surface area (Å²) in [4.78, 5) is 3.84. The molecule has 0 radical (unpaired) electrons. The first-order valence-electron chi connectivity index (χ1n) is 6.09. The molecule has 2 rings (SSSR count). The Kier molecular flexibility index (Phi) is 3.94. The van der Waals surface area contributed by atoms with Crippen LogP contribution in [0, 0.1) is 5.41 Å². The predicted molar refractivity (Wildman–Crippen MR) is 71.0 cm³/mol. The van der Waals surface area contributed by atoms with Crippen molar-refractivity contribution in [2.24, 2.45) is 5.41 Å². The number of pyridine rings is 1. The summed E-state index contributed by atoms with van der Waals surface area (Å²) in [6, 6.07) is 3.04. The van der Waals surface area contributed by atoms with Gasteiger partial charge in [-0.05, 0) is 36.8 Å². The van der Waals surface area contributed by atoms with E-state index in [2.05, 4.69) is 16.6 Å². The summed E-state index contributed by atoms with van der Waals surface area (Å²) >= 11 is 5.81. The number of hydrogen-bond donors (Lipinski definition) is 1. The van der Waals surface area contributed by atoms with Crippen LogP contribution in [0.3, 0.4) is 0 Å². The van der Waals surface area contributed by atoms with Gasteiger partial charge in [0.15, 0.2) is 0 Å². The zero-order valence-corrected chi connectivity index (χ0v) is 11.9. The highest BCUT2D eigenvalue weighted by molar-refractivity contribution is 7.89. The third kappa shape index (κ3) is 2.68. The molecule has 1 aromatic heterocycles. The van der Waals surface area contributed by atoms with Crippen molar-refractivity contribution in [3.05, 3.63) is 23.5 Å². The second kappa shape index (κ2) is 5.15. The van der Waals surface area contributed by atoms with Crippen LogP contribution < -0.4 is 4.72 Å². The summed E-state index contributed by atoms with van der Waals surface area (Å²) in [5.74, 6) is 0. The van der Waals surface area contributed by atoms with Crippen molar-refractivity contribution in [1.29, 1.82) is 0 Å². The van der Waals surface area contributed by atoms with E-state index in [9.17, 15) is 8.42 Å². The fourth-order valence-corrected chi connectivity index (χ4v) is 3.84. The zero-order valence-electron chi connectivity index (χ0n) is 10.3. The van der Waals surface area contributed by atoms with Crippen molar-refractivity contribution in [2.75, 3.05) is 6.54 Å². The molecule has 1 aliphatic rings. The molecule has 1 saturated carbocycles. The molecule has 0 aliphatic heterocycles. The topological polar surface area (TPSA) is 59.1 Å². The lowest BCUT2D eigenvalue weighted by atomic mass is 9.67. The molecule has 1 heterocycles. The number of hydrogen-bond acceptors (Lipinski definition) is 3. The van der Waals surface area contributed by atoms with Crippen LogP contribution in [0.25, 0.3) is 0 Å². The molecule has 0 bridgehead atoms. The van der Waals surface area contributed by atoms with Crippen molar-refractivity contribution in [3.8, 4) is 0 Å². The first-order chi connectivity index (χ1) is 8.49. The Labute approximate surface area is 113 Å². The highest BCUT2D eigenvalue weighted by Crippen LogP contribution is 2.43. The lowest BCUT2D eigenvalue weighted by molar-refractivity contribution is 0.133. The van der Waals surface area contributed by atoms with Crippen molar-refractivity contribution in [2.45, 2.75) is 37.5 Å². The van der Waals surface area contributed by atoms with Crippen LogP contribution in [0.2, 0.25) is 5.15 Å². The maximum Gasteiger partial charge on any atom is 0.243 e. The van der Waals surface area contributed by atoms with Gasteiger partial charge in [-0.2, -0.15) is 0 Å². The highest BCUT2D eigenvalue weighted by Gasteiger charge is 2.36. The Morgan fingerprint density at radius 3 is 2.72 bits per heavy atom. The largest absolute Gasteiger partial charge is 0.243 e. The maximum absolute atomic E-state index is 12.1. The number of halogens is 1. The van der Waals surface area contributed by atoms with Gasteiger partial charge in [-0.15, -0.1) is 0 Å². The van der Waals surface area contributed by atoms with Crippen LogP contribution in [-0.4, -0.2) is 19.9 Å². The number of sulfonamides is 1. The van der Waals surface area contributed by atoms with E-state index in [1.54, 1.807) is 6.07 Å². The van der Waals surface area contributed by atoms with E-state index < -0.39 is 10.0 Å². The van der Waals surface area contributed by atoms with E-state index in [1.807, 2.05) is 0 Å². The average Bonchev–Trinajstić information content (AvgIpc) is 2.28. The van der Waals surface area contributed by atoms with Crippen LogP contribution >= 0.6 is 11.6 Å². The first kappa shape index (κ1) is 13.8. The summed E-state index contributed by atoms with van der Waals surface area (Å²) in [6.45, 7) is 2.58. The SMILES string of the molecule is CCC1(CNS(=O)(=O)c2cccnc2Cl)CCC1. The monoisotopic (exact) mass is 288 g/mol. The Balaban J connectivity index is 2.11. The van der Waals surface area contributed by atoms with Gasteiger partial charge < -0.3 is 0 Å². The molecule has 1 N–H and O–H groups in total. The molecule has 4 nitrogen and oxygen atoms in total. The molecular weight excluding hydrogens is 272 g/mol. The van der Waals surface area contributed by atoms with E-state index >= 15 is 0 Å². The highest BCUT2D eigenvalue weighted by atomic mass is 35.5. The smallest absolute Gasteiger partial charge is 0.243 e. The minimum absolute atomic E-state index is 0.0177. The van der Waals surface area contributed by atoms with Crippen LogP contribution in [0.4, 0.5) is 0 Å². The summed E-state index contributed by atoms with van der Waals surface area (Å²) in [5.41, 5.74) is 0.141. The van der Waals surface area contributed by atoms with Gasteiger partial charge in [0.05, 0.1) is 0 Å². The number of aromatic nitrogens is 1.